The molecule has 1 aromatic carbocycles. The van der Waals surface area contributed by atoms with Crippen molar-refractivity contribution in [1.82, 2.24) is 0 Å². The lowest BCUT2D eigenvalue weighted by atomic mass is 10.1. The average molecular weight is 214 g/mol. The standard InChI is InChI=1S/C10H9F3N2/c1-15-5-4-14-8-3-2-7(6-9(8)15)10(11,12)13/h2-4,6H,5H2,1H3. The number of alkyl halides is 3. The second-order valence-corrected chi connectivity index (χ2v) is 3.39. The van der Waals surface area contributed by atoms with Crippen LogP contribution in [0.1, 0.15) is 5.56 Å². The van der Waals surface area contributed by atoms with Gasteiger partial charge in [-0.15, -0.1) is 0 Å². The summed E-state index contributed by atoms with van der Waals surface area (Å²) in [6.45, 7) is 0.536. The monoisotopic (exact) mass is 214 g/mol. The van der Waals surface area contributed by atoms with E-state index < -0.39 is 11.7 Å². The van der Waals surface area contributed by atoms with Crippen molar-refractivity contribution >= 4 is 17.6 Å². The average Bonchev–Trinajstić information content (AvgIpc) is 2.16. The Morgan fingerprint density at radius 1 is 1.33 bits per heavy atom. The Labute approximate surface area is 85.0 Å². The van der Waals surface area contributed by atoms with Crippen molar-refractivity contribution in [2.24, 2.45) is 4.99 Å². The van der Waals surface area contributed by atoms with E-state index in [1.807, 2.05) is 0 Å². The number of anilines is 1. The normalized spacial score (nSPS) is 15.3. The number of hydrogen-bond acceptors (Lipinski definition) is 2. The van der Waals surface area contributed by atoms with Crippen molar-refractivity contribution in [3.63, 3.8) is 0 Å². The summed E-state index contributed by atoms with van der Waals surface area (Å²) >= 11 is 0. The molecular weight excluding hydrogens is 205 g/mol. The number of hydrogen-bond donors (Lipinski definition) is 0. The minimum atomic E-state index is -4.29. The van der Waals surface area contributed by atoms with Crippen LogP contribution in [0.3, 0.4) is 0 Å². The predicted octanol–water partition coefficient (Wildman–Crippen LogP) is 2.86. The van der Waals surface area contributed by atoms with Crippen LogP contribution >= 0.6 is 0 Å². The van der Waals surface area contributed by atoms with Crippen molar-refractivity contribution in [2.45, 2.75) is 6.18 Å². The van der Waals surface area contributed by atoms with Gasteiger partial charge in [-0.3, -0.25) is 4.99 Å². The Morgan fingerprint density at radius 3 is 2.73 bits per heavy atom. The third kappa shape index (κ3) is 1.82. The first-order valence-electron chi connectivity index (χ1n) is 4.43. The fourth-order valence-corrected chi connectivity index (χ4v) is 1.47. The third-order valence-electron chi connectivity index (χ3n) is 2.30. The van der Waals surface area contributed by atoms with Crippen molar-refractivity contribution in [3.8, 4) is 0 Å². The van der Waals surface area contributed by atoms with Crippen LogP contribution in [-0.2, 0) is 6.18 Å². The minimum Gasteiger partial charge on any atom is -0.368 e. The highest BCUT2D eigenvalue weighted by atomic mass is 19.4. The van der Waals surface area contributed by atoms with Crippen LogP contribution in [0, 0.1) is 0 Å². The smallest absolute Gasteiger partial charge is 0.368 e. The Kier molecular flexibility index (Phi) is 2.17. The molecule has 1 heterocycles. The van der Waals surface area contributed by atoms with E-state index in [-0.39, 0.29) is 0 Å². The first kappa shape index (κ1) is 10.0. The number of nitrogens with zero attached hydrogens (tertiary/aromatic N) is 2. The lowest BCUT2D eigenvalue weighted by Crippen LogP contribution is -2.22. The Morgan fingerprint density at radius 2 is 2.07 bits per heavy atom. The molecule has 0 aliphatic carbocycles. The zero-order valence-electron chi connectivity index (χ0n) is 8.04. The Hall–Kier alpha value is -1.52. The summed E-state index contributed by atoms with van der Waals surface area (Å²) in [6, 6.07) is 3.57. The summed E-state index contributed by atoms with van der Waals surface area (Å²) in [5.41, 5.74) is 0.467. The number of fused-ring (bicyclic) bond motifs is 1. The molecule has 80 valence electrons. The summed E-state index contributed by atoms with van der Waals surface area (Å²) in [7, 11) is 1.74. The quantitative estimate of drug-likeness (QED) is 0.648. The first-order valence-corrected chi connectivity index (χ1v) is 4.43. The van der Waals surface area contributed by atoms with E-state index >= 15 is 0 Å². The van der Waals surface area contributed by atoms with Gasteiger partial charge in [-0.05, 0) is 18.2 Å². The zero-order chi connectivity index (χ0) is 11.1. The van der Waals surface area contributed by atoms with E-state index in [1.54, 1.807) is 18.2 Å². The topological polar surface area (TPSA) is 15.6 Å². The SMILES string of the molecule is CN1CC=Nc2ccc(C(F)(F)F)cc21. The second-order valence-electron chi connectivity index (χ2n) is 3.39. The van der Waals surface area contributed by atoms with Gasteiger partial charge in [0.2, 0.25) is 0 Å². The molecule has 5 heteroatoms. The van der Waals surface area contributed by atoms with Crippen LogP contribution in [0.2, 0.25) is 0 Å². The molecule has 0 atom stereocenters. The molecule has 0 amide bonds. The molecule has 1 aliphatic heterocycles. The molecule has 2 rings (SSSR count). The third-order valence-corrected chi connectivity index (χ3v) is 2.30. The molecule has 0 aromatic heterocycles. The molecule has 0 unspecified atom stereocenters. The van der Waals surface area contributed by atoms with Gasteiger partial charge in [0.05, 0.1) is 23.5 Å². The van der Waals surface area contributed by atoms with Gasteiger partial charge in [-0.25, -0.2) is 0 Å². The maximum atomic E-state index is 12.4. The van der Waals surface area contributed by atoms with E-state index in [4.69, 9.17) is 0 Å². The summed E-state index contributed by atoms with van der Waals surface area (Å²) in [4.78, 5) is 5.77. The van der Waals surface area contributed by atoms with E-state index in [0.29, 0.717) is 17.9 Å². The maximum Gasteiger partial charge on any atom is 0.416 e. The highest BCUT2D eigenvalue weighted by Gasteiger charge is 2.31. The van der Waals surface area contributed by atoms with Gasteiger partial charge >= 0.3 is 6.18 Å². The molecule has 0 spiro atoms. The number of rotatable bonds is 0. The van der Waals surface area contributed by atoms with Gasteiger partial charge in [-0.2, -0.15) is 13.2 Å². The maximum absolute atomic E-state index is 12.4. The van der Waals surface area contributed by atoms with Crippen LogP contribution in [0.25, 0.3) is 0 Å². The molecule has 2 nitrogen and oxygen atoms in total. The lowest BCUT2D eigenvalue weighted by molar-refractivity contribution is -0.137. The van der Waals surface area contributed by atoms with Crippen molar-refractivity contribution in [3.05, 3.63) is 23.8 Å². The molecule has 0 N–H and O–H groups in total. The lowest BCUT2D eigenvalue weighted by Gasteiger charge is -2.23. The molecule has 1 aromatic rings. The van der Waals surface area contributed by atoms with Crippen molar-refractivity contribution in [2.75, 3.05) is 18.5 Å². The Bertz CT molecular complexity index is 410. The van der Waals surface area contributed by atoms with Crippen molar-refractivity contribution < 1.29 is 13.2 Å². The summed E-state index contributed by atoms with van der Waals surface area (Å²) in [5, 5.41) is 0. The fourth-order valence-electron chi connectivity index (χ4n) is 1.47. The molecular formula is C10H9F3N2. The molecule has 0 radical (unpaired) electrons. The highest BCUT2D eigenvalue weighted by molar-refractivity contribution is 5.81. The van der Waals surface area contributed by atoms with Crippen LogP contribution in [0.4, 0.5) is 24.5 Å². The molecule has 0 bridgehead atoms. The van der Waals surface area contributed by atoms with Crippen LogP contribution in [0.15, 0.2) is 23.2 Å². The van der Waals surface area contributed by atoms with Crippen LogP contribution < -0.4 is 4.90 Å². The fraction of sp³-hybridized carbons (Fsp3) is 0.300. The van der Waals surface area contributed by atoms with E-state index in [9.17, 15) is 13.2 Å². The predicted molar refractivity (Wildman–Crippen MR) is 52.9 cm³/mol. The summed E-state index contributed by atoms with van der Waals surface area (Å²) in [6.07, 6.45) is -2.62. The van der Waals surface area contributed by atoms with Gasteiger partial charge < -0.3 is 4.90 Å². The number of benzene rings is 1. The zero-order valence-corrected chi connectivity index (χ0v) is 8.04. The van der Waals surface area contributed by atoms with Gasteiger partial charge in [0.1, 0.15) is 0 Å². The van der Waals surface area contributed by atoms with E-state index in [0.717, 1.165) is 12.1 Å². The first-order chi connectivity index (χ1) is 6.98. The summed E-state index contributed by atoms with van der Waals surface area (Å²) in [5.74, 6) is 0. The molecule has 0 fully saturated rings. The number of halogens is 3. The van der Waals surface area contributed by atoms with Gasteiger partial charge in [0.25, 0.3) is 0 Å². The second kappa shape index (κ2) is 3.25. The molecule has 0 saturated carbocycles. The Balaban J connectivity index is 2.50. The van der Waals surface area contributed by atoms with Crippen molar-refractivity contribution in [1.29, 1.82) is 0 Å². The number of aliphatic imine (C=N–C) groups is 1. The molecule has 1 aliphatic rings. The molecule has 0 saturated heterocycles. The van der Waals surface area contributed by atoms with E-state index in [2.05, 4.69) is 4.99 Å². The largest absolute Gasteiger partial charge is 0.416 e. The highest BCUT2D eigenvalue weighted by Crippen LogP contribution is 2.37. The van der Waals surface area contributed by atoms with Gasteiger partial charge in [0.15, 0.2) is 0 Å². The van der Waals surface area contributed by atoms with Gasteiger partial charge in [0, 0.05) is 13.3 Å². The minimum absolute atomic E-state index is 0.521. The van der Waals surface area contributed by atoms with Crippen LogP contribution in [0.5, 0.6) is 0 Å². The van der Waals surface area contributed by atoms with Gasteiger partial charge in [-0.1, -0.05) is 0 Å². The summed E-state index contributed by atoms with van der Waals surface area (Å²) < 4.78 is 37.3. The van der Waals surface area contributed by atoms with Crippen LogP contribution in [-0.4, -0.2) is 19.8 Å². The molecule has 15 heavy (non-hydrogen) atoms. The van der Waals surface area contributed by atoms with E-state index in [1.165, 1.54) is 6.07 Å².